The van der Waals surface area contributed by atoms with Crippen LogP contribution < -0.4 is 0 Å². The third-order valence-electron chi connectivity index (χ3n) is 3.36. The minimum atomic E-state index is 0.215. The van der Waals surface area contributed by atoms with Crippen LogP contribution in [0.4, 0.5) is 0 Å². The number of para-hydroxylation sites is 1. The molecule has 5 heteroatoms. The van der Waals surface area contributed by atoms with Crippen LogP contribution in [-0.4, -0.2) is 33.7 Å². The number of amidine groups is 1. The van der Waals surface area contributed by atoms with Crippen LogP contribution in [-0.2, 0) is 6.54 Å². The third-order valence-corrected chi connectivity index (χ3v) is 4.34. The number of nitrogens with zero attached hydrogens (tertiary/aromatic N) is 3. The summed E-state index contributed by atoms with van der Waals surface area (Å²) in [5.74, 6) is 1.24. The zero-order valence-corrected chi connectivity index (χ0v) is 12.9. The highest BCUT2D eigenvalue weighted by atomic mass is 32.2. The Balaban J connectivity index is 1.69. The number of benzene rings is 2. The number of hydrogen-bond donors (Lipinski definition) is 1. The quantitative estimate of drug-likeness (QED) is 0.696. The zero-order valence-electron chi connectivity index (χ0n) is 12.1. The van der Waals surface area contributed by atoms with Crippen molar-refractivity contribution in [3.05, 3.63) is 65.7 Å². The van der Waals surface area contributed by atoms with E-state index in [4.69, 9.17) is 0 Å². The monoisotopic (exact) mass is 311 g/mol. The van der Waals surface area contributed by atoms with Crippen LogP contribution in [0.3, 0.4) is 0 Å². The van der Waals surface area contributed by atoms with Crippen LogP contribution in [0.5, 0.6) is 5.75 Å². The molecule has 4 nitrogen and oxygen atoms in total. The second-order valence-electron chi connectivity index (χ2n) is 4.94. The predicted molar refractivity (Wildman–Crippen MR) is 92.4 cm³/mol. The Morgan fingerprint density at radius 1 is 1.09 bits per heavy atom. The van der Waals surface area contributed by atoms with E-state index in [0.717, 1.165) is 24.0 Å². The van der Waals surface area contributed by atoms with Gasteiger partial charge in [0.15, 0.2) is 5.17 Å². The lowest BCUT2D eigenvalue weighted by Gasteiger charge is -2.16. The van der Waals surface area contributed by atoms with Gasteiger partial charge in [0.25, 0.3) is 0 Å². The van der Waals surface area contributed by atoms with Crippen molar-refractivity contribution < 1.29 is 5.11 Å². The van der Waals surface area contributed by atoms with Crippen LogP contribution in [0, 0.1) is 0 Å². The number of phenols is 1. The van der Waals surface area contributed by atoms with E-state index in [1.54, 1.807) is 30.1 Å². The van der Waals surface area contributed by atoms with Crippen LogP contribution in [0.1, 0.15) is 11.1 Å². The Morgan fingerprint density at radius 3 is 2.68 bits per heavy atom. The summed E-state index contributed by atoms with van der Waals surface area (Å²) in [6.45, 7) is 1.82. The highest BCUT2D eigenvalue weighted by molar-refractivity contribution is 8.14. The lowest BCUT2D eigenvalue weighted by molar-refractivity contribution is 0.456. The molecule has 1 fully saturated rings. The first-order valence-corrected chi connectivity index (χ1v) is 8.12. The van der Waals surface area contributed by atoms with Crippen molar-refractivity contribution in [2.75, 3.05) is 12.3 Å². The molecular weight excluding hydrogens is 294 g/mol. The number of thioether (sulfide) groups is 1. The molecule has 0 unspecified atom stereocenters. The van der Waals surface area contributed by atoms with E-state index < -0.39 is 0 Å². The van der Waals surface area contributed by atoms with Crippen molar-refractivity contribution in [1.29, 1.82) is 0 Å². The van der Waals surface area contributed by atoms with Gasteiger partial charge < -0.3 is 10.0 Å². The Labute approximate surface area is 134 Å². The SMILES string of the molecule is Oc1ccccc1/C=N/N=C1\SCCN1Cc1ccccc1. The van der Waals surface area contributed by atoms with Gasteiger partial charge in [-0.05, 0) is 17.7 Å². The van der Waals surface area contributed by atoms with Gasteiger partial charge in [0.2, 0.25) is 0 Å². The molecule has 1 saturated heterocycles. The molecule has 1 N–H and O–H groups in total. The fraction of sp³-hybridized carbons (Fsp3) is 0.176. The largest absolute Gasteiger partial charge is 0.507 e. The Kier molecular flexibility index (Phi) is 4.75. The molecule has 1 aliphatic rings. The number of rotatable bonds is 4. The highest BCUT2D eigenvalue weighted by Crippen LogP contribution is 2.21. The van der Waals surface area contributed by atoms with E-state index in [1.165, 1.54) is 5.56 Å². The van der Waals surface area contributed by atoms with E-state index in [-0.39, 0.29) is 5.75 Å². The van der Waals surface area contributed by atoms with Gasteiger partial charge in [0.1, 0.15) is 5.75 Å². The first kappa shape index (κ1) is 14.7. The predicted octanol–water partition coefficient (Wildman–Crippen LogP) is 3.33. The second kappa shape index (κ2) is 7.13. The van der Waals surface area contributed by atoms with Crippen molar-refractivity contribution in [2.24, 2.45) is 10.2 Å². The van der Waals surface area contributed by atoms with Crippen LogP contribution >= 0.6 is 11.8 Å². The van der Waals surface area contributed by atoms with Gasteiger partial charge >= 0.3 is 0 Å². The topological polar surface area (TPSA) is 48.2 Å². The van der Waals surface area contributed by atoms with Crippen molar-refractivity contribution in [3.63, 3.8) is 0 Å². The van der Waals surface area contributed by atoms with Gasteiger partial charge in [0.05, 0.1) is 6.21 Å². The molecule has 0 radical (unpaired) electrons. The van der Waals surface area contributed by atoms with Gasteiger partial charge in [0, 0.05) is 24.4 Å². The molecule has 0 aliphatic carbocycles. The Morgan fingerprint density at radius 2 is 1.86 bits per heavy atom. The molecule has 1 heterocycles. The fourth-order valence-corrected chi connectivity index (χ4v) is 3.15. The lowest BCUT2D eigenvalue weighted by atomic mass is 10.2. The molecule has 2 aromatic rings. The smallest absolute Gasteiger partial charge is 0.186 e. The van der Waals surface area contributed by atoms with Crippen LogP contribution in [0.25, 0.3) is 0 Å². The van der Waals surface area contributed by atoms with E-state index in [1.807, 2.05) is 30.3 Å². The van der Waals surface area contributed by atoms with Gasteiger partial charge in [-0.2, -0.15) is 5.10 Å². The maximum atomic E-state index is 9.69. The standard InChI is InChI=1S/C17H17N3OS/c21-16-9-5-4-8-15(16)12-18-19-17-20(10-11-22-17)13-14-6-2-1-3-7-14/h1-9,12,21H,10-11,13H2/b18-12+,19-17-. The number of aromatic hydroxyl groups is 1. The second-order valence-corrected chi connectivity index (χ2v) is 6.00. The summed E-state index contributed by atoms with van der Waals surface area (Å²) in [4.78, 5) is 2.22. The zero-order chi connectivity index (χ0) is 15.2. The normalized spacial score (nSPS) is 16.7. The van der Waals surface area contributed by atoms with Gasteiger partial charge in [-0.3, -0.25) is 0 Å². The summed E-state index contributed by atoms with van der Waals surface area (Å²) in [5, 5.41) is 19.0. The molecule has 2 aromatic carbocycles. The number of hydrogen-bond acceptors (Lipinski definition) is 4. The molecule has 0 amide bonds. The maximum Gasteiger partial charge on any atom is 0.186 e. The maximum absolute atomic E-state index is 9.69. The molecule has 0 spiro atoms. The highest BCUT2D eigenvalue weighted by Gasteiger charge is 2.19. The molecule has 0 saturated carbocycles. The van der Waals surface area contributed by atoms with Crippen LogP contribution in [0.15, 0.2) is 64.8 Å². The molecule has 1 aliphatic heterocycles. The molecule has 0 aromatic heterocycles. The first-order chi connectivity index (χ1) is 10.8. The number of phenolic OH excluding ortho intramolecular Hbond substituents is 1. The van der Waals surface area contributed by atoms with E-state index in [0.29, 0.717) is 5.56 Å². The van der Waals surface area contributed by atoms with E-state index >= 15 is 0 Å². The fourth-order valence-electron chi connectivity index (χ4n) is 2.21. The van der Waals surface area contributed by atoms with Gasteiger partial charge in [-0.1, -0.05) is 54.2 Å². The summed E-state index contributed by atoms with van der Waals surface area (Å²) in [5.41, 5.74) is 1.94. The Hall–Kier alpha value is -2.27. The van der Waals surface area contributed by atoms with Crippen molar-refractivity contribution in [3.8, 4) is 5.75 Å². The summed E-state index contributed by atoms with van der Waals surface area (Å²) < 4.78 is 0. The molecule has 112 valence electrons. The summed E-state index contributed by atoms with van der Waals surface area (Å²) in [6.07, 6.45) is 1.59. The molecule has 0 bridgehead atoms. The first-order valence-electron chi connectivity index (χ1n) is 7.13. The van der Waals surface area contributed by atoms with Gasteiger partial charge in [-0.15, -0.1) is 5.10 Å². The van der Waals surface area contributed by atoms with E-state index in [9.17, 15) is 5.11 Å². The summed E-state index contributed by atoms with van der Waals surface area (Å²) in [7, 11) is 0. The van der Waals surface area contributed by atoms with E-state index in [2.05, 4.69) is 27.2 Å². The third kappa shape index (κ3) is 3.68. The summed E-state index contributed by atoms with van der Waals surface area (Å²) >= 11 is 1.71. The average Bonchev–Trinajstić information content (AvgIpc) is 2.97. The minimum absolute atomic E-state index is 0.215. The lowest BCUT2D eigenvalue weighted by Crippen LogP contribution is -2.23. The van der Waals surface area contributed by atoms with Crippen molar-refractivity contribution in [2.45, 2.75) is 6.54 Å². The molecule has 3 rings (SSSR count). The van der Waals surface area contributed by atoms with Crippen LogP contribution in [0.2, 0.25) is 0 Å². The molecular formula is C17H17N3OS. The Bertz CT molecular complexity index is 685. The van der Waals surface area contributed by atoms with Crippen molar-refractivity contribution in [1.82, 2.24) is 4.90 Å². The minimum Gasteiger partial charge on any atom is -0.507 e. The van der Waals surface area contributed by atoms with Crippen molar-refractivity contribution >= 4 is 23.1 Å². The average molecular weight is 311 g/mol. The molecule has 0 atom stereocenters. The molecule has 22 heavy (non-hydrogen) atoms. The van der Waals surface area contributed by atoms with Gasteiger partial charge in [-0.25, -0.2) is 0 Å². The summed E-state index contributed by atoms with van der Waals surface area (Å²) in [6, 6.07) is 17.4.